The van der Waals surface area contributed by atoms with Crippen LogP contribution in [0.2, 0.25) is 0 Å². The van der Waals surface area contributed by atoms with Crippen LogP contribution in [-0.4, -0.2) is 67.3 Å². The van der Waals surface area contributed by atoms with Crippen molar-refractivity contribution < 1.29 is 9.47 Å². The number of ether oxygens (including phenoxy) is 2. The Hall–Kier alpha value is -1.17. The molecule has 2 saturated heterocycles. The summed E-state index contributed by atoms with van der Waals surface area (Å²) in [5.41, 5.74) is 1.43. The summed E-state index contributed by atoms with van der Waals surface area (Å²) in [6, 6.07) is 4.08. The van der Waals surface area contributed by atoms with Crippen molar-refractivity contribution in [3.63, 3.8) is 0 Å². The van der Waals surface area contributed by atoms with Gasteiger partial charge in [-0.15, -0.1) is 0 Å². The predicted octanol–water partition coefficient (Wildman–Crippen LogP) is 1.39. The highest BCUT2D eigenvalue weighted by Gasteiger charge is 2.40. The van der Waals surface area contributed by atoms with Crippen molar-refractivity contribution in [2.75, 3.05) is 47.0 Å². The molecule has 0 saturated carbocycles. The lowest BCUT2D eigenvalue weighted by atomic mass is 9.85. The Balaban J connectivity index is 1.61. The van der Waals surface area contributed by atoms with E-state index in [9.17, 15) is 0 Å². The number of likely N-dealkylation sites (N-methyl/N-ethyl adjacent to an activating group) is 1. The minimum absolute atomic E-state index is 0.258. The number of pyridine rings is 1. The smallest absolute Gasteiger partial charge is 0.217 e. The number of likely N-dealkylation sites (tertiary alicyclic amines) is 1. The standard InChI is InChI=1S/C16H25N3O2/c1-18-10-11-21-13-16(18)5-8-19(9-6-16)12-14-4-3-7-17-15(14)20-2/h3-4,7H,5-6,8-13H2,1-2H3. The average molecular weight is 291 g/mol. The summed E-state index contributed by atoms with van der Waals surface area (Å²) in [6.07, 6.45) is 4.13. The molecule has 0 amide bonds. The second kappa shape index (κ2) is 6.30. The van der Waals surface area contributed by atoms with E-state index in [-0.39, 0.29) is 5.54 Å². The van der Waals surface area contributed by atoms with Crippen molar-refractivity contribution in [3.05, 3.63) is 23.9 Å². The molecule has 1 aromatic rings. The Morgan fingerprint density at radius 1 is 1.33 bits per heavy atom. The third-order valence-electron chi connectivity index (χ3n) is 4.98. The summed E-state index contributed by atoms with van der Waals surface area (Å²) < 4.78 is 11.1. The third kappa shape index (κ3) is 3.05. The van der Waals surface area contributed by atoms with Crippen LogP contribution in [0.3, 0.4) is 0 Å². The first-order chi connectivity index (χ1) is 10.2. The maximum absolute atomic E-state index is 5.73. The van der Waals surface area contributed by atoms with Crippen LogP contribution >= 0.6 is 0 Å². The van der Waals surface area contributed by atoms with Crippen molar-refractivity contribution in [2.45, 2.75) is 24.9 Å². The fraction of sp³-hybridized carbons (Fsp3) is 0.688. The van der Waals surface area contributed by atoms with Crippen LogP contribution in [0.5, 0.6) is 5.88 Å². The van der Waals surface area contributed by atoms with E-state index in [1.54, 1.807) is 13.3 Å². The van der Waals surface area contributed by atoms with Gasteiger partial charge in [0.1, 0.15) is 0 Å². The Labute approximate surface area is 126 Å². The van der Waals surface area contributed by atoms with E-state index in [2.05, 4.69) is 27.9 Å². The van der Waals surface area contributed by atoms with Gasteiger partial charge in [-0.25, -0.2) is 4.98 Å². The summed E-state index contributed by atoms with van der Waals surface area (Å²) in [6.45, 7) is 5.92. The van der Waals surface area contributed by atoms with Crippen molar-refractivity contribution in [3.8, 4) is 5.88 Å². The Bertz CT molecular complexity index is 472. The number of morpholine rings is 1. The van der Waals surface area contributed by atoms with Crippen molar-refractivity contribution in [1.29, 1.82) is 0 Å². The molecule has 0 unspecified atom stereocenters. The SMILES string of the molecule is COc1ncccc1CN1CCC2(CC1)COCCN2C. The van der Waals surface area contributed by atoms with E-state index in [1.165, 1.54) is 18.4 Å². The van der Waals surface area contributed by atoms with Crippen molar-refractivity contribution in [2.24, 2.45) is 0 Å². The quantitative estimate of drug-likeness (QED) is 0.841. The molecule has 0 N–H and O–H groups in total. The highest BCUT2D eigenvalue weighted by molar-refractivity contribution is 5.25. The molecule has 0 bridgehead atoms. The second-order valence-electron chi connectivity index (χ2n) is 6.15. The molecule has 3 heterocycles. The molecule has 0 radical (unpaired) electrons. The first kappa shape index (κ1) is 14.8. The molecule has 21 heavy (non-hydrogen) atoms. The van der Waals surface area contributed by atoms with Gasteiger partial charge in [0.25, 0.3) is 0 Å². The van der Waals surface area contributed by atoms with E-state index >= 15 is 0 Å². The number of aromatic nitrogens is 1. The number of methoxy groups -OCH3 is 1. The van der Waals surface area contributed by atoms with Gasteiger partial charge in [0.15, 0.2) is 0 Å². The average Bonchev–Trinajstić information content (AvgIpc) is 2.53. The summed E-state index contributed by atoms with van der Waals surface area (Å²) >= 11 is 0. The van der Waals surface area contributed by atoms with Crippen LogP contribution in [0.25, 0.3) is 0 Å². The van der Waals surface area contributed by atoms with Crippen molar-refractivity contribution in [1.82, 2.24) is 14.8 Å². The van der Waals surface area contributed by atoms with Gasteiger partial charge in [-0.1, -0.05) is 6.07 Å². The van der Waals surface area contributed by atoms with Gasteiger partial charge in [-0.3, -0.25) is 9.80 Å². The van der Waals surface area contributed by atoms with E-state index in [1.807, 2.05) is 6.07 Å². The topological polar surface area (TPSA) is 37.8 Å². The molecule has 116 valence electrons. The summed E-state index contributed by atoms with van der Waals surface area (Å²) in [4.78, 5) is 9.27. The fourth-order valence-corrected chi connectivity index (χ4v) is 3.43. The van der Waals surface area contributed by atoms with Gasteiger partial charge in [0, 0.05) is 43.5 Å². The van der Waals surface area contributed by atoms with Crippen LogP contribution in [0.1, 0.15) is 18.4 Å². The molecule has 2 fully saturated rings. The van der Waals surface area contributed by atoms with E-state index in [4.69, 9.17) is 9.47 Å². The lowest BCUT2D eigenvalue weighted by molar-refractivity contribution is -0.0836. The number of hydrogen-bond acceptors (Lipinski definition) is 5. The number of rotatable bonds is 3. The highest BCUT2D eigenvalue weighted by Crippen LogP contribution is 2.31. The number of nitrogens with zero attached hydrogens (tertiary/aromatic N) is 3. The van der Waals surface area contributed by atoms with Crippen LogP contribution in [0.15, 0.2) is 18.3 Å². The van der Waals surface area contributed by atoms with Gasteiger partial charge in [0.05, 0.1) is 20.3 Å². The molecule has 0 aromatic carbocycles. The molecule has 3 rings (SSSR count). The molecule has 1 spiro atoms. The predicted molar refractivity (Wildman–Crippen MR) is 81.5 cm³/mol. The van der Waals surface area contributed by atoms with Gasteiger partial charge in [0.2, 0.25) is 5.88 Å². The number of piperidine rings is 1. The minimum Gasteiger partial charge on any atom is -0.481 e. The molecule has 0 aliphatic carbocycles. The first-order valence-corrected chi connectivity index (χ1v) is 7.73. The van der Waals surface area contributed by atoms with E-state index in [0.717, 1.165) is 45.3 Å². The lowest BCUT2D eigenvalue weighted by Crippen LogP contribution is -2.59. The lowest BCUT2D eigenvalue weighted by Gasteiger charge is -2.49. The molecule has 2 aliphatic heterocycles. The second-order valence-corrected chi connectivity index (χ2v) is 6.15. The summed E-state index contributed by atoms with van der Waals surface area (Å²) in [7, 11) is 3.92. The number of hydrogen-bond donors (Lipinski definition) is 0. The molecule has 2 aliphatic rings. The van der Waals surface area contributed by atoms with Gasteiger partial charge < -0.3 is 9.47 Å². The van der Waals surface area contributed by atoms with Crippen LogP contribution < -0.4 is 4.74 Å². The first-order valence-electron chi connectivity index (χ1n) is 7.73. The maximum Gasteiger partial charge on any atom is 0.217 e. The van der Waals surface area contributed by atoms with Crippen LogP contribution in [0.4, 0.5) is 0 Å². The Morgan fingerprint density at radius 3 is 2.86 bits per heavy atom. The van der Waals surface area contributed by atoms with Crippen LogP contribution in [0, 0.1) is 0 Å². The normalized spacial score (nSPS) is 23.3. The fourth-order valence-electron chi connectivity index (χ4n) is 3.43. The van der Waals surface area contributed by atoms with Gasteiger partial charge >= 0.3 is 0 Å². The zero-order valence-corrected chi connectivity index (χ0v) is 13.0. The van der Waals surface area contributed by atoms with Gasteiger partial charge in [-0.05, 0) is 26.0 Å². The molecular weight excluding hydrogens is 266 g/mol. The molecular formula is C16H25N3O2. The van der Waals surface area contributed by atoms with Crippen molar-refractivity contribution >= 4 is 0 Å². The van der Waals surface area contributed by atoms with E-state index in [0.29, 0.717) is 0 Å². The summed E-state index contributed by atoms with van der Waals surface area (Å²) in [5.74, 6) is 0.746. The molecule has 5 heteroatoms. The van der Waals surface area contributed by atoms with E-state index < -0.39 is 0 Å². The maximum atomic E-state index is 5.73. The Morgan fingerprint density at radius 2 is 2.14 bits per heavy atom. The minimum atomic E-state index is 0.258. The molecule has 1 aromatic heterocycles. The Kier molecular flexibility index (Phi) is 4.42. The molecule has 5 nitrogen and oxygen atoms in total. The van der Waals surface area contributed by atoms with Crippen LogP contribution in [-0.2, 0) is 11.3 Å². The zero-order chi connectivity index (χ0) is 14.7. The molecule has 0 atom stereocenters. The monoisotopic (exact) mass is 291 g/mol. The highest BCUT2D eigenvalue weighted by atomic mass is 16.5. The summed E-state index contributed by atoms with van der Waals surface area (Å²) in [5, 5.41) is 0. The zero-order valence-electron chi connectivity index (χ0n) is 13.0. The van der Waals surface area contributed by atoms with Gasteiger partial charge in [-0.2, -0.15) is 0 Å². The third-order valence-corrected chi connectivity index (χ3v) is 4.98. The largest absolute Gasteiger partial charge is 0.481 e.